The lowest BCUT2D eigenvalue weighted by Gasteiger charge is -2.25. The Bertz CT molecular complexity index is 360. The molecule has 1 fully saturated rings. The Labute approximate surface area is 95.3 Å². The molecule has 0 spiro atoms. The minimum Gasteiger partial charge on any atom is -0.368 e. The molecule has 0 atom stereocenters. The standard InChI is InChI=1S/C10H18N6/c1-16(2)10-14-8(11)13-9(15-10)12-6-7-4-3-5-7/h7H,3-6H2,1-2H3,(H3,11,12,13,14,15). The molecule has 0 amide bonds. The Morgan fingerprint density at radius 3 is 2.62 bits per heavy atom. The van der Waals surface area contributed by atoms with E-state index in [0.29, 0.717) is 11.9 Å². The van der Waals surface area contributed by atoms with Crippen molar-refractivity contribution < 1.29 is 0 Å². The van der Waals surface area contributed by atoms with Crippen molar-refractivity contribution in [2.45, 2.75) is 19.3 Å². The van der Waals surface area contributed by atoms with Crippen LogP contribution in [0.15, 0.2) is 0 Å². The van der Waals surface area contributed by atoms with E-state index in [-0.39, 0.29) is 5.95 Å². The van der Waals surface area contributed by atoms with Gasteiger partial charge in [-0.2, -0.15) is 15.0 Å². The van der Waals surface area contributed by atoms with Crippen molar-refractivity contribution in [1.82, 2.24) is 15.0 Å². The van der Waals surface area contributed by atoms with E-state index >= 15 is 0 Å². The van der Waals surface area contributed by atoms with E-state index in [2.05, 4.69) is 20.3 Å². The number of hydrogen-bond acceptors (Lipinski definition) is 6. The van der Waals surface area contributed by atoms with Gasteiger partial charge in [-0.3, -0.25) is 0 Å². The van der Waals surface area contributed by atoms with Crippen LogP contribution in [-0.4, -0.2) is 35.6 Å². The van der Waals surface area contributed by atoms with Crippen LogP contribution in [-0.2, 0) is 0 Å². The zero-order valence-electron chi connectivity index (χ0n) is 9.77. The van der Waals surface area contributed by atoms with Gasteiger partial charge in [0.15, 0.2) is 0 Å². The summed E-state index contributed by atoms with van der Waals surface area (Å²) < 4.78 is 0. The van der Waals surface area contributed by atoms with Gasteiger partial charge in [0.05, 0.1) is 0 Å². The summed E-state index contributed by atoms with van der Waals surface area (Å²) >= 11 is 0. The zero-order valence-corrected chi connectivity index (χ0v) is 9.77. The SMILES string of the molecule is CN(C)c1nc(N)nc(NCC2CCC2)n1. The molecule has 0 saturated heterocycles. The molecule has 0 radical (unpaired) electrons. The van der Waals surface area contributed by atoms with Gasteiger partial charge in [-0.15, -0.1) is 0 Å². The minimum atomic E-state index is 0.259. The van der Waals surface area contributed by atoms with Crippen molar-refractivity contribution in [1.29, 1.82) is 0 Å². The van der Waals surface area contributed by atoms with Crippen LogP contribution in [0.3, 0.4) is 0 Å². The molecule has 16 heavy (non-hydrogen) atoms. The molecule has 6 heteroatoms. The molecule has 1 aromatic heterocycles. The fraction of sp³-hybridized carbons (Fsp3) is 0.700. The molecule has 0 aromatic carbocycles. The first kappa shape index (κ1) is 10.9. The van der Waals surface area contributed by atoms with Crippen LogP contribution in [0.2, 0.25) is 0 Å². The second-order valence-electron chi connectivity index (χ2n) is 4.39. The number of nitrogens with two attached hydrogens (primary N) is 1. The van der Waals surface area contributed by atoms with Crippen LogP contribution < -0.4 is 16.0 Å². The maximum atomic E-state index is 5.62. The minimum absolute atomic E-state index is 0.259. The van der Waals surface area contributed by atoms with E-state index in [1.807, 2.05) is 19.0 Å². The van der Waals surface area contributed by atoms with Crippen LogP contribution in [0.25, 0.3) is 0 Å². The van der Waals surface area contributed by atoms with E-state index < -0.39 is 0 Å². The second-order valence-corrected chi connectivity index (χ2v) is 4.39. The third kappa shape index (κ3) is 2.50. The van der Waals surface area contributed by atoms with Crippen molar-refractivity contribution in [3.8, 4) is 0 Å². The lowest BCUT2D eigenvalue weighted by molar-refractivity contribution is 0.333. The molecule has 88 valence electrons. The third-order valence-corrected chi connectivity index (χ3v) is 2.81. The van der Waals surface area contributed by atoms with Crippen molar-refractivity contribution in [3.63, 3.8) is 0 Å². The van der Waals surface area contributed by atoms with Gasteiger partial charge < -0.3 is 16.0 Å². The number of anilines is 3. The average Bonchev–Trinajstić information content (AvgIpc) is 2.14. The summed E-state index contributed by atoms with van der Waals surface area (Å²) in [7, 11) is 3.76. The highest BCUT2D eigenvalue weighted by Gasteiger charge is 2.17. The first-order chi connectivity index (χ1) is 7.65. The Balaban J connectivity index is 2.01. The van der Waals surface area contributed by atoms with Crippen LogP contribution in [0, 0.1) is 5.92 Å². The van der Waals surface area contributed by atoms with E-state index in [1.54, 1.807) is 0 Å². The third-order valence-electron chi connectivity index (χ3n) is 2.81. The summed E-state index contributed by atoms with van der Waals surface area (Å²) in [5.41, 5.74) is 5.62. The Morgan fingerprint density at radius 2 is 2.06 bits per heavy atom. The van der Waals surface area contributed by atoms with Crippen molar-refractivity contribution >= 4 is 17.8 Å². The summed E-state index contributed by atoms with van der Waals surface area (Å²) in [6.07, 6.45) is 3.94. The van der Waals surface area contributed by atoms with Gasteiger partial charge in [0, 0.05) is 20.6 Å². The monoisotopic (exact) mass is 222 g/mol. The normalized spacial score (nSPS) is 15.6. The van der Waals surface area contributed by atoms with E-state index in [0.717, 1.165) is 12.5 Å². The lowest BCUT2D eigenvalue weighted by Crippen LogP contribution is -2.23. The quantitative estimate of drug-likeness (QED) is 0.782. The lowest BCUT2D eigenvalue weighted by atomic mass is 9.85. The Hall–Kier alpha value is -1.59. The molecule has 0 unspecified atom stereocenters. The van der Waals surface area contributed by atoms with Gasteiger partial charge in [-0.05, 0) is 18.8 Å². The van der Waals surface area contributed by atoms with Gasteiger partial charge in [-0.1, -0.05) is 6.42 Å². The first-order valence-electron chi connectivity index (χ1n) is 5.58. The van der Waals surface area contributed by atoms with Crippen molar-refractivity contribution in [3.05, 3.63) is 0 Å². The predicted molar refractivity (Wildman–Crippen MR) is 64.4 cm³/mol. The molecule has 3 N–H and O–H groups in total. The molecule has 1 heterocycles. The smallest absolute Gasteiger partial charge is 0.231 e. The van der Waals surface area contributed by atoms with Gasteiger partial charge in [0.1, 0.15) is 0 Å². The highest BCUT2D eigenvalue weighted by Crippen LogP contribution is 2.26. The molecular formula is C10H18N6. The number of rotatable bonds is 4. The molecular weight excluding hydrogens is 204 g/mol. The number of nitrogen functional groups attached to an aromatic ring is 1. The summed E-state index contributed by atoms with van der Waals surface area (Å²) in [5, 5.41) is 3.21. The van der Waals surface area contributed by atoms with Gasteiger partial charge in [0.25, 0.3) is 0 Å². The van der Waals surface area contributed by atoms with Crippen molar-refractivity contribution in [2.24, 2.45) is 5.92 Å². The molecule has 0 bridgehead atoms. The highest BCUT2D eigenvalue weighted by molar-refractivity contribution is 5.40. The molecule has 0 aliphatic heterocycles. The fourth-order valence-corrected chi connectivity index (χ4v) is 1.59. The number of hydrogen-bond donors (Lipinski definition) is 2. The summed E-state index contributed by atoms with van der Waals surface area (Å²) in [4.78, 5) is 14.2. The highest BCUT2D eigenvalue weighted by atomic mass is 15.3. The van der Waals surface area contributed by atoms with Crippen LogP contribution in [0.1, 0.15) is 19.3 Å². The first-order valence-corrected chi connectivity index (χ1v) is 5.58. The van der Waals surface area contributed by atoms with Gasteiger partial charge in [0.2, 0.25) is 17.8 Å². The molecule has 6 nitrogen and oxygen atoms in total. The maximum absolute atomic E-state index is 5.62. The molecule has 1 aliphatic carbocycles. The molecule has 1 saturated carbocycles. The number of aromatic nitrogens is 3. The zero-order chi connectivity index (χ0) is 11.5. The summed E-state index contributed by atoms with van der Waals surface area (Å²) in [6, 6.07) is 0. The topological polar surface area (TPSA) is 80.0 Å². The van der Waals surface area contributed by atoms with E-state index in [9.17, 15) is 0 Å². The maximum Gasteiger partial charge on any atom is 0.231 e. The van der Waals surface area contributed by atoms with Gasteiger partial charge in [-0.25, -0.2) is 0 Å². The molecule has 1 aromatic rings. The molecule has 1 aliphatic rings. The van der Waals surface area contributed by atoms with Crippen LogP contribution in [0.5, 0.6) is 0 Å². The average molecular weight is 222 g/mol. The predicted octanol–water partition coefficient (Wildman–Crippen LogP) is 0.732. The number of nitrogens with one attached hydrogen (secondary N) is 1. The number of nitrogens with zero attached hydrogens (tertiary/aromatic N) is 4. The summed E-state index contributed by atoms with van der Waals surface area (Å²) in [5.74, 6) is 2.18. The Kier molecular flexibility index (Phi) is 3.07. The van der Waals surface area contributed by atoms with E-state index in [4.69, 9.17) is 5.73 Å². The van der Waals surface area contributed by atoms with E-state index in [1.165, 1.54) is 19.3 Å². The van der Waals surface area contributed by atoms with Crippen molar-refractivity contribution in [2.75, 3.05) is 36.6 Å². The van der Waals surface area contributed by atoms with Crippen LogP contribution in [0.4, 0.5) is 17.8 Å². The largest absolute Gasteiger partial charge is 0.368 e. The molecule has 2 rings (SSSR count). The van der Waals surface area contributed by atoms with Gasteiger partial charge >= 0.3 is 0 Å². The Morgan fingerprint density at radius 1 is 1.31 bits per heavy atom. The fourth-order valence-electron chi connectivity index (χ4n) is 1.59. The van der Waals surface area contributed by atoms with Crippen LogP contribution >= 0.6 is 0 Å². The second kappa shape index (κ2) is 4.51. The summed E-state index contributed by atoms with van der Waals surface area (Å²) in [6.45, 7) is 0.927.